The number of rotatable bonds is 3. The number of amides is 1. The molecule has 182 valence electrons. The van der Waals surface area contributed by atoms with Crippen LogP contribution in [0.3, 0.4) is 0 Å². The largest absolute Gasteiger partial charge is 2.00 e. The van der Waals surface area contributed by atoms with Crippen molar-refractivity contribution in [3.8, 4) is 0 Å². The molecule has 2 aromatic heterocycles. The number of aromatic nitrogens is 2. The number of Topliss-reactive ketones (excluding diaryl/α,β-unsaturated/α-hetero) is 1. The fourth-order valence-electron chi connectivity index (χ4n) is 2.46. The molecule has 4 rings (SSSR count). The van der Waals surface area contributed by atoms with Gasteiger partial charge in [0.1, 0.15) is 11.6 Å². The molecule has 0 saturated carbocycles. The summed E-state index contributed by atoms with van der Waals surface area (Å²) in [6.45, 7) is 1.36. The fourth-order valence-corrected chi connectivity index (χ4v) is 2.46. The normalized spacial score (nSPS) is 9.09. The Morgan fingerprint density at radius 1 is 0.912 bits per heavy atom. The van der Waals surface area contributed by atoms with Crippen LogP contribution in [0.4, 0.5) is 8.78 Å². The predicted molar refractivity (Wildman–Crippen MR) is 123 cm³/mol. The van der Waals surface area contributed by atoms with Crippen molar-refractivity contribution in [3.05, 3.63) is 66.8 Å². The summed E-state index contributed by atoms with van der Waals surface area (Å²) in [5, 5.41) is 8.88. The molecule has 4 aromatic rings. The van der Waals surface area contributed by atoms with Crippen molar-refractivity contribution in [2.24, 2.45) is 0 Å². The molecule has 0 radical (unpaired) electrons. The standard InChI is InChI=1S/C10H9FN2O3.C9H6FNO2.2CH4.CH3.ClH.Mg/c1-13(15-2)10(14)9-7-5-6(11)3-4-8(7)16-12-9;1-5(12)9-7-4-6(10)2-3-8(7)13-11-9;;;;;/h3-5H,1-2H3;2-4H,1H3;2*1H4;1H3;1H;/q;;;;-1;;+2/p-1. The SMILES string of the molecule is C.C.CC(=O)c1noc2ccc(F)cc12.CON(C)C(=O)c1noc2ccc(F)cc12.[CH3-].[Cl-].[Mg+2]. The van der Waals surface area contributed by atoms with Crippen molar-refractivity contribution < 1.29 is 44.7 Å². The minimum atomic E-state index is -0.494. The number of benzene rings is 2. The number of carbonyl (C=O) groups is 2. The number of halogens is 3. The minimum absolute atomic E-state index is 0. The molecule has 0 N–H and O–H groups in total. The summed E-state index contributed by atoms with van der Waals surface area (Å²) in [5.41, 5.74) is 0.981. The van der Waals surface area contributed by atoms with Gasteiger partial charge in [0.25, 0.3) is 5.91 Å². The fraction of sp³-hybridized carbons (Fsp3) is 0.227. The topological polar surface area (TPSA) is 98.7 Å². The number of carbonyl (C=O) groups excluding carboxylic acids is 2. The molecule has 0 aliphatic carbocycles. The van der Waals surface area contributed by atoms with Crippen LogP contribution in [0.15, 0.2) is 45.4 Å². The maximum absolute atomic E-state index is 13.0. The third-order valence-corrected chi connectivity index (χ3v) is 3.96. The van der Waals surface area contributed by atoms with Gasteiger partial charge >= 0.3 is 23.1 Å². The van der Waals surface area contributed by atoms with E-state index < -0.39 is 17.5 Å². The van der Waals surface area contributed by atoms with E-state index in [1.165, 1.54) is 57.5 Å². The summed E-state index contributed by atoms with van der Waals surface area (Å²) in [6, 6.07) is 7.80. The van der Waals surface area contributed by atoms with Crippen LogP contribution in [-0.2, 0) is 4.84 Å². The molecule has 0 aliphatic rings. The molecule has 0 spiro atoms. The Bertz CT molecular complexity index is 1220. The van der Waals surface area contributed by atoms with E-state index in [9.17, 15) is 18.4 Å². The average molecular weight is 510 g/mol. The molecular weight excluding hydrogens is 484 g/mol. The van der Waals surface area contributed by atoms with E-state index in [2.05, 4.69) is 10.3 Å². The quantitative estimate of drug-likeness (QED) is 0.180. The zero-order valence-electron chi connectivity index (χ0n) is 17.7. The van der Waals surface area contributed by atoms with Crippen LogP contribution >= 0.6 is 0 Å². The maximum atomic E-state index is 13.0. The van der Waals surface area contributed by atoms with Gasteiger partial charge in [-0.15, -0.1) is 0 Å². The van der Waals surface area contributed by atoms with Crippen LogP contribution in [0.2, 0.25) is 0 Å². The average Bonchev–Trinajstić information content (AvgIpc) is 3.30. The van der Waals surface area contributed by atoms with Gasteiger partial charge in [-0.2, -0.15) is 0 Å². The first-order valence-electron chi connectivity index (χ1n) is 8.24. The first-order valence-corrected chi connectivity index (χ1v) is 8.24. The van der Waals surface area contributed by atoms with E-state index in [1.54, 1.807) is 0 Å². The zero-order valence-corrected chi connectivity index (χ0v) is 19.9. The molecule has 0 saturated heterocycles. The Balaban J connectivity index is -0.000000499. The van der Waals surface area contributed by atoms with E-state index in [1.807, 2.05) is 0 Å². The number of hydrogen-bond donors (Lipinski definition) is 0. The monoisotopic (exact) mass is 509 g/mol. The molecule has 8 nitrogen and oxygen atoms in total. The maximum Gasteiger partial charge on any atom is 2.00 e. The first kappa shape index (κ1) is 36.0. The number of hydroxylamine groups is 2. The van der Waals surface area contributed by atoms with Gasteiger partial charge in [0.2, 0.25) is 0 Å². The Morgan fingerprint density at radius 2 is 1.32 bits per heavy atom. The van der Waals surface area contributed by atoms with Gasteiger partial charge in [-0.1, -0.05) is 25.2 Å². The second-order valence-corrected chi connectivity index (χ2v) is 5.88. The number of hydrogen-bond acceptors (Lipinski definition) is 7. The van der Waals surface area contributed by atoms with Crippen molar-refractivity contribution in [1.29, 1.82) is 0 Å². The number of fused-ring (bicyclic) bond motifs is 2. The smallest absolute Gasteiger partial charge is 1.00 e. The van der Waals surface area contributed by atoms with Gasteiger partial charge in [-0.3, -0.25) is 14.4 Å². The first-order chi connectivity index (χ1) is 13.8. The molecule has 2 heterocycles. The molecule has 34 heavy (non-hydrogen) atoms. The summed E-state index contributed by atoms with van der Waals surface area (Å²) in [6.07, 6.45) is 0. The molecule has 12 heteroatoms. The Morgan fingerprint density at radius 3 is 1.74 bits per heavy atom. The molecule has 2 aromatic carbocycles. The van der Waals surface area contributed by atoms with Crippen LogP contribution in [-0.4, -0.2) is 64.3 Å². The second kappa shape index (κ2) is 15.3. The van der Waals surface area contributed by atoms with E-state index in [4.69, 9.17) is 13.9 Å². The predicted octanol–water partition coefficient (Wildman–Crippen LogP) is 2.12. The number of nitrogens with zero attached hydrogens (tertiary/aromatic N) is 3. The number of ketones is 1. The van der Waals surface area contributed by atoms with Crippen molar-refractivity contribution in [2.75, 3.05) is 14.2 Å². The van der Waals surface area contributed by atoms with Gasteiger partial charge in [-0.25, -0.2) is 13.8 Å². The summed E-state index contributed by atoms with van der Waals surface area (Å²) >= 11 is 0. The minimum Gasteiger partial charge on any atom is -1.00 e. The van der Waals surface area contributed by atoms with Gasteiger partial charge in [0.15, 0.2) is 28.3 Å². The third-order valence-electron chi connectivity index (χ3n) is 3.96. The molecular formula is C22H26ClF2MgN3O5. The van der Waals surface area contributed by atoms with Gasteiger partial charge in [0, 0.05) is 14.0 Å². The van der Waals surface area contributed by atoms with E-state index in [-0.39, 0.29) is 74.9 Å². The van der Waals surface area contributed by atoms with Crippen LogP contribution in [0.5, 0.6) is 0 Å². The summed E-state index contributed by atoms with van der Waals surface area (Å²) in [4.78, 5) is 27.4. The van der Waals surface area contributed by atoms with Crippen LogP contribution < -0.4 is 12.4 Å². The van der Waals surface area contributed by atoms with Gasteiger partial charge in [-0.05, 0) is 36.4 Å². The van der Waals surface area contributed by atoms with E-state index >= 15 is 0 Å². The summed E-state index contributed by atoms with van der Waals surface area (Å²) in [5.74, 6) is -1.58. The molecule has 1 amide bonds. The van der Waals surface area contributed by atoms with E-state index in [0.717, 1.165) is 5.06 Å². The van der Waals surface area contributed by atoms with Gasteiger partial charge in [0.05, 0.1) is 17.9 Å². The summed E-state index contributed by atoms with van der Waals surface area (Å²) in [7, 11) is 2.78. The molecule has 0 bridgehead atoms. The second-order valence-electron chi connectivity index (χ2n) is 5.88. The van der Waals surface area contributed by atoms with Crippen molar-refractivity contribution in [2.45, 2.75) is 21.8 Å². The Hall–Kier alpha value is -2.60. The van der Waals surface area contributed by atoms with Crippen LogP contribution in [0.25, 0.3) is 21.9 Å². The van der Waals surface area contributed by atoms with E-state index in [0.29, 0.717) is 21.9 Å². The van der Waals surface area contributed by atoms with Gasteiger partial charge < -0.3 is 28.9 Å². The van der Waals surface area contributed by atoms with Crippen LogP contribution in [0, 0.1) is 19.1 Å². The molecule has 0 aliphatic heterocycles. The zero-order chi connectivity index (χ0) is 21.1. The third kappa shape index (κ3) is 7.72. The summed E-state index contributed by atoms with van der Waals surface area (Å²) < 4.78 is 35.5. The Labute approximate surface area is 219 Å². The van der Waals surface area contributed by atoms with Crippen molar-refractivity contribution in [3.63, 3.8) is 0 Å². The van der Waals surface area contributed by atoms with Crippen LogP contribution in [0.1, 0.15) is 42.8 Å². The molecule has 0 atom stereocenters. The van der Waals surface area contributed by atoms with Crippen molar-refractivity contribution in [1.82, 2.24) is 15.4 Å². The molecule has 0 fully saturated rings. The van der Waals surface area contributed by atoms with Crippen molar-refractivity contribution >= 4 is 56.7 Å². The molecule has 0 unspecified atom stereocenters. The Kier molecular flexibility index (Phi) is 16.2.